The van der Waals surface area contributed by atoms with Crippen molar-refractivity contribution in [1.29, 1.82) is 0 Å². The van der Waals surface area contributed by atoms with Crippen molar-refractivity contribution in [2.45, 2.75) is 6.42 Å². The van der Waals surface area contributed by atoms with E-state index in [4.69, 9.17) is 21.7 Å². The highest BCUT2D eigenvalue weighted by Crippen LogP contribution is 2.21. The summed E-state index contributed by atoms with van der Waals surface area (Å²) in [4.78, 5) is 18.5. The number of hydrogen-bond acceptors (Lipinski definition) is 7. The molecule has 0 radical (unpaired) electrons. The van der Waals surface area contributed by atoms with Gasteiger partial charge in [-0.1, -0.05) is 0 Å². The summed E-state index contributed by atoms with van der Waals surface area (Å²) < 4.78 is 10.2. The van der Waals surface area contributed by atoms with Gasteiger partial charge >= 0.3 is 0 Å². The third-order valence-electron chi connectivity index (χ3n) is 3.07. The number of thiazole rings is 1. The maximum Gasteiger partial charge on any atom is 0.244 e. The Hall–Kier alpha value is -1.49. The summed E-state index contributed by atoms with van der Waals surface area (Å²) in [5.41, 5.74) is 5.93. The van der Waals surface area contributed by atoms with E-state index in [9.17, 15) is 4.79 Å². The van der Waals surface area contributed by atoms with Crippen LogP contribution in [0, 0.1) is 0 Å². The molecule has 3 N–H and O–H groups in total. The van der Waals surface area contributed by atoms with Gasteiger partial charge in [0, 0.05) is 32.1 Å². The van der Waals surface area contributed by atoms with Gasteiger partial charge in [0.1, 0.15) is 0 Å². The third-order valence-corrected chi connectivity index (χ3v) is 4.27. The standard InChI is InChI=1S/C13H21N5O3S2/c1-20-5-2-14-12(22)17-16-11(19)8-10-9-23-13(15-10)18-3-6-21-7-4-18/h9H,2-8H2,1H3,(H,16,19)(H2,14,17,22). The molecule has 1 saturated heterocycles. The highest BCUT2D eigenvalue weighted by atomic mass is 32.1. The number of hydrogen-bond donors (Lipinski definition) is 3. The van der Waals surface area contributed by atoms with Crippen LogP contribution in [0.15, 0.2) is 5.38 Å². The van der Waals surface area contributed by atoms with Crippen LogP contribution in [0.25, 0.3) is 0 Å². The molecule has 0 aliphatic carbocycles. The van der Waals surface area contributed by atoms with E-state index in [-0.39, 0.29) is 12.3 Å². The molecule has 1 amide bonds. The lowest BCUT2D eigenvalue weighted by Crippen LogP contribution is -2.47. The number of carbonyl (C=O) groups is 1. The number of hydrazine groups is 1. The summed E-state index contributed by atoms with van der Waals surface area (Å²) in [6.07, 6.45) is 0.203. The van der Waals surface area contributed by atoms with Gasteiger partial charge in [-0.2, -0.15) is 0 Å². The second-order valence-electron chi connectivity index (χ2n) is 4.82. The van der Waals surface area contributed by atoms with Crippen LogP contribution in [0.1, 0.15) is 5.69 Å². The molecule has 23 heavy (non-hydrogen) atoms. The zero-order valence-electron chi connectivity index (χ0n) is 13.0. The van der Waals surface area contributed by atoms with E-state index in [2.05, 4.69) is 26.1 Å². The van der Waals surface area contributed by atoms with Crippen LogP contribution in [0.4, 0.5) is 5.13 Å². The fourth-order valence-electron chi connectivity index (χ4n) is 1.92. The number of morpholine rings is 1. The first-order valence-electron chi connectivity index (χ1n) is 7.27. The van der Waals surface area contributed by atoms with E-state index in [0.717, 1.165) is 23.9 Å². The molecule has 2 rings (SSSR count). The number of methoxy groups -OCH3 is 1. The van der Waals surface area contributed by atoms with Gasteiger partial charge in [0.2, 0.25) is 5.91 Å². The summed E-state index contributed by atoms with van der Waals surface area (Å²) in [6, 6.07) is 0. The zero-order valence-corrected chi connectivity index (χ0v) is 14.6. The maximum absolute atomic E-state index is 11.9. The van der Waals surface area contributed by atoms with Crippen molar-refractivity contribution in [1.82, 2.24) is 21.2 Å². The molecule has 128 valence electrons. The van der Waals surface area contributed by atoms with Gasteiger partial charge in [-0.25, -0.2) is 4.98 Å². The monoisotopic (exact) mass is 359 g/mol. The molecule has 2 heterocycles. The Morgan fingerprint density at radius 3 is 3.00 bits per heavy atom. The Morgan fingerprint density at radius 2 is 2.26 bits per heavy atom. The second-order valence-corrected chi connectivity index (χ2v) is 6.06. The fourth-order valence-corrected chi connectivity index (χ4v) is 2.96. The molecular formula is C13H21N5O3S2. The molecule has 0 aromatic carbocycles. The molecule has 1 fully saturated rings. The Bertz CT molecular complexity index is 519. The van der Waals surface area contributed by atoms with Gasteiger partial charge in [-0.05, 0) is 12.2 Å². The fraction of sp³-hybridized carbons (Fsp3) is 0.615. The lowest BCUT2D eigenvalue weighted by molar-refractivity contribution is -0.121. The van der Waals surface area contributed by atoms with E-state index >= 15 is 0 Å². The SMILES string of the molecule is COCCNC(=S)NNC(=O)Cc1csc(N2CCOCC2)n1. The van der Waals surface area contributed by atoms with Crippen LogP contribution in [-0.4, -0.2) is 62.6 Å². The van der Waals surface area contributed by atoms with Crippen molar-refractivity contribution in [3.05, 3.63) is 11.1 Å². The molecule has 0 unspecified atom stereocenters. The summed E-state index contributed by atoms with van der Waals surface area (Å²) in [5, 5.41) is 6.08. The first kappa shape index (κ1) is 17.9. The Kier molecular flexibility index (Phi) is 7.46. The number of ether oxygens (including phenoxy) is 2. The average Bonchev–Trinajstić information content (AvgIpc) is 3.02. The van der Waals surface area contributed by atoms with E-state index in [1.165, 1.54) is 0 Å². The molecule has 0 saturated carbocycles. The number of amides is 1. The van der Waals surface area contributed by atoms with Crippen LogP contribution in [-0.2, 0) is 20.7 Å². The molecule has 1 aliphatic rings. The highest BCUT2D eigenvalue weighted by Gasteiger charge is 2.15. The van der Waals surface area contributed by atoms with Crippen LogP contribution in [0.2, 0.25) is 0 Å². The normalized spacial score (nSPS) is 14.4. The first-order valence-corrected chi connectivity index (χ1v) is 8.56. The van der Waals surface area contributed by atoms with Crippen molar-refractivity contribution in [2.24, 2.45) is 0 Å². The quantitative estimate of drug-likeness (QED) is 0.361. The smallest absolute Gasteiger partial charge is 0.244 e. The highest BCUT2D eigenvalue weighted by molar-refractivity contribution is 7.80. The second kappa shape index (κ2) is 9.60. The van der Waals surface area contributed by atoms with Gasteiger partial charge in [-0.15, -0.1) is 11.3 Å². The molecule has 10 heteroatoms. The predicted molar refractivity (Wildman–Crippen MR) is 92.6 cm³/mol. The van der Waals surface area contributed by atoms with Crippen LogP contribution >= 0.6 is 23.6 Å². The van der Waals surface area contributed by atoms with Crippen molar-refractivity contribution < 1.29 is 14.3 Å². The van der Waals surface area contributed by atoms with Crippen LogP contribution < -0.4 is 21.1 Å². The van der Waals surface area contributed by atoms with Crippen molar-refractivity contribution in [3.63, 3.8) is 0 Å². The Labute approximate surface area is 144 Å². The van der Waals surface area contributed by atoms with Gasteiger partial charge in [0.15, 0.2) is 10.2 Å². The number of carbonyl (C=O) groups excluding carboxylic acids is 1. The number of nitrogens with one attached hydrogen (secondary N) is 3. The first-order chi connectivity index (χ1) is 11.2. The van der Waals surface area contributed by atoms with Crippen LogP contribution in [0.3, 0.4) is 0 Å². The van der Waals surface area contributed by atoms with E-state index < -0.39 is 0 Å². The third kappa shape index (κ3) is 6.26. The predicted octanol–water partition coefficient (Wildman–Crippen LogP) is -0.336. The molecule has 1 aliphatic heterocycles. The lowest BCUT2D eigenvalue weighted by atomic mass is 10.3. The van der Waals surface area contributed by atoms with E-state index in [1.807, 2.05) is 5.38 Å². The maximum atomic E-state index is 11.9. The number of nitrogens with zero attached hydrogens (tertiary/aromatic N) is 2. The molecule has 8 nitrogen and oxygen atoms in total. The molecule has 1 aromatic rings. The van der Waals surface area contributed by atoms with E-state index in [0.29, 0.717) is 31.5 Å². The number of aromatic nitrogens is 1. The molecular weight excluding hydrogens is 338 g/mol. The minimum absolute atomic E-state index is 0.195. The van der Waals surface area contributed by atoms with Gasteiger partial charge < -0.3 is 19.7 Å². The van der Waals surface area contributed by atoms with Crippen molar-refractivity contribution >= 4 is 39.7 Å². The van der Waals surface area contributed by atoms with Gasteiger partial charge in [0.25, 0.3) is 0 Å². The molecule has 0 atom stereocenters. The summed E-state index contributed by atoms with van der Waals surface area (Å²) >= 11 is 6.56. The minimum atomic E-state index is -0.195. The Balaban J connectivity index is 1.70. The average molecular weight is 359 g/mol. The molecule has 0 spiro atoms. The van der Waals surface area contributed by atoms with Crippen molar-refractivity contribution in [2.75, 3.05) is 51.5 Å². The lowest BCUT2D eigenvalue weighted by Gasteiger charge is -2.26. The number of anilines is 1. The van der Waals surface area contributed by atoms with Crippen molar-refractivity contribution in [3.8, 4) is 0 Å². The number of rotatable bonds is 6. The van der Waals surface area contributed by atoms with Crippen LogP contribution in [0.5, 0.6) is 0 Å². The van der Waals surface area contributed by atoms with Gasteiger partial charge in [0.05, 0.1) is 31.9 Å². The summed E-state index contributed by atoms with van der Waals surface area (Å²) in [6.45, 7) is 4.22. The zero-order chi connectivity index (χ0) is 16.5. The summed E-state index contributed by atoms with van der Waals surface area (Å²) in [7, 11) is 1.61. The topological polar surface area (TPSA) is 87.8 Å². The minimum Gasteiger partial charge on any atom is -0.383 e. The largest absolute Gasteiger partial charge is 0.383 e. The molecule has 1 aromatic heterocycles. The van der Waals surface area contributed by atoms with Gasteiger partial charge in [-0.3, -0.25) is 15.6 Å². The summed E-state index contributed by atoms with van der Waals surface area (Å²) in [5.74, 6) is -0.195. The number of thiocarbonyl (C=S) groups is 1. The molecule has 0 bridgehead atoms. The Morgan fingerprint density at radius 1 is 1.48 bits per heavy atom. The van der Waals surface area contributed by atoms with E-state index in [1.54, 1.807) is 18.4 Å².